The van der Waals surface area contributed by atoms with E-state index in [4.69, 9.17) is 9.63 Å². The van der Waals surface area contributed by atoms with Gasteiger partial charge in [-0.1, -0.05) is 5.16 Å². The second-order valence-electron chi connectivity index (χ2n) is 4.09. The van der Waals surface area contributed by atoms with Crippen LogP contribution in [0.25, 0.3) is 0 Å². The monoisotopic (exact) mass is 281 g/mol. The second-order valence-corrected chi connectivity index (χ2v) is 5.35. The van der Waals surface area contributed by atoms with Crippen LogP contribution in [0, 0.1) is 6.92 Å². The van der Waals surface area contributed by atoms with E-state index in [0.29, 0.717) is 18.1 Å². The number of aliphatic carboxylic acids is 1. The molecule has 2 rings (SSSR count). The largest absolute Gasteiger partial charge is 0.481 e. The Morgan fingerprint density at radius 1 is 1.47 bits per heavy atom. The van der Waals surface area contributed by atoms with Gasteiger partial charge in [0, 0.05) is 36.2 Å². The van der Waals surface area contributed by atoms with Gasteiger partial charge in [0.1, 0.15) is 0 Å². The molecular weight excluding hydrogens is 266 g/mol. The number of carboxylic acids is 1. The fourth-order valence-electron chi connectivity index (χ4n) is 1.62. The SMILES string of the molecule is Cc1nc(CCNCc2ccc(CC(=O)O)s2)no1. The zero-order chi connectivity index (χ0) is 13.7. The van der Waals surface area contributed by atoms with E-state index in [-0.39, 0.29) is 6.42 Å². The van der Waals surface area contributed by atoms with Crippen LogP contribution in [0.15, 0.2) is 16.7 Å². The first-order valence-electron chi connectivity index (χ1n) is 5.93. The van der Waals surface area contributed by atoms with Crippen molar-refractivity contribution in [2.24, 2.45) is 0 Å². The number of thiophene rings is 1. The number of nitrogens with one attached hydrogen (secondary N) is 1. The Morgan fingerprint density at radius 2 is 2.26 bits per heavy atom. The molecule has 2 aromatic rings. The van der Waals surface area contributed by atoms with E-state index in [1.54, 1.807) is 6.92 Å². The van der Waals surface area contributed by atoms with Gasteiger partial charge in [-0.25, -0.2) is 0 Å². The Kier molecular flexibility index (Phi) is 4.64. The molecular formula is C12H15N3O3S. The number of aryl methyl sites for hydroxylation is 1. The van der Waals surface area contributed by atoms with E-state index in [1.165, 1.54) is 11.3 Å². The van der Waals surface area contributed by atoms with Crippen LogP contribution in [0.2, 0.25) is 0 Å². The fraction of sp³-hybridized carbons (Fsp3) is 0.417. The highest BCUT2D eigenvalue weighted by molar-refractivity contribution is 7.12. The first-order chi connectivity index (χ1) is 9.13. The first kappa shape index (κ1) is 13.7. The van der Waals surface area contributed by atoms with Crippen molar-refractivity contribution in [2.75, 3.05) is 6.54 Å². The third-order valence-electron chi connectivity index (χ3n) is 2.44. The highest BCUT2D eigenvalue weighted by atomic mass is 32.1. The van der Waals surface area contributed by atoms with Crippen LogP contribution < -0.4 is 5.32 Å². The number of nitrogens with zero attached hydrogens (tertiary/aromatic N) is 2. The summed E-state index contributed by atoms with van der Waals surface area (Å²) in [4.78, 5) is 16.7. The Balaban J connectivity index is 1.70. The van der Waals surface area contributed by atoms with E-state index in [0.717, 1.165) is 22.8 Å². The van der Waals surface area contributed by atoms with E-state index in [9.17, 15) is 4.79 Å². The lowest BCUT2D eigenvalue weighted by atomic mass is 10.3. The molecule has 7 heteroatoms. The normalized spacial score (nSPS) is 10.8. The maximum Gasteiger partial charge on any atom is 0.308 e. The highest BCUT2D eigenvalue weighted by Gasteiger charge is 2.05. The Morgan fingerprint density at radius 3 is 2.95 bits per heavy atom. The maximum atomic E-state index is 10.6. The van der Waals surface area contributed by atoms with E-state index in [1.807, 2.05) is 12.1 Å². The molecule has 2 heterocycles. The minimum Gasteiger partial charge on any atom is -0.481 e. The molecule has 2 aromatic heterocycles. The number of rotatable bonds is 7. The van der Waals surface area contributed by atoms with Crippen LogP contribution in [-0.4, -0.2) is 27.8 Å². The molecule has 0 aliphatic carbocycles. The van der Waals surface area contributed by atoms with Crippen LogP contribution in [0.3, 0.4) is 0 Å². The van der Waals surface area contributed by atoms with Gasteiger partial charge in [0.15, 0.2) is 5.82 Å². The molecule has 2 N–H and O–H groups in total. The third kappa shape index (κ3) is 4.46. The summed E-state index contributed by atoms with van der Waals surface area (Å²) in [6.07, 6.45) is 0.803. The van der Waals surface area contributed by atoms with E-state index in [2.05, 4.69) is 15.5 Å². The summed E-state index contributed by atoms with van der Waals surface area (Å²) in [6.45, 7) is 3.24. The van der Waals surface area contributed by atoms with Crippen molar-refractivity contribution in [3.05, 3.63) is 33.6 Å². The van der Waals surface area contributed by atoms with E-state index < -0.39 is 5.97 Å². The molecule has 0 atom stereocenters. The molecule has 0 aliphatic heterocycles. The number of carboxylic acid groups (broad SMARTS) is 1. The lowest BCUT2D eigenvalue weighted by molar-refractivity contribution is -0.136. The molecule has 102 valence electrons. The van der Waals surface area contributed by atoms with Gasteiger partial charge in [-0.05, 0) is 12.1 Å². The van der Waals surface area contributed by atoms with Crippen LogP contribution in [-0.2, 0) is 24.2 Å². The summed E-state index contributed by atoms with van der Waals surface area (Å²) in [6, 6.07) is 3.81. The summed E-state index contributed by atoms with van der Waals surface area (Å²) in [5, 5.41) is 15.8. The van der Waals surface area contributed by atoms with Crippen molar-refractivity contribution >= 4 is 17.3 Å². The molecule has 0 saturated heterocycles. The quantitative estimate of drug-likeness (QED) is 0.746. The second kappa shape index (κ2) is 6.44. The Labute approximate surface area is 114 Å². The van der Waals surface area contributed by atoms with Crippen molar-refractivity contribution in [1.82, 2.24) is 15.5 Å². The fourth-order valence-corrected chi connectivity index (χ4v) is 2.59. The average Bonchev–Trinajstić information content (AvgIpc) is 2.94. The molecule has 0 fully saturated rings. The van der Waals surface area contributed by atoms with Gasteiger partial charge in [0.25, 0.3) is 0 Å². The number of hydrogen-bond acceptors (Lipinski definition) is 6. The minimum atomic E-state index is -0.797. The number of carbonyl (C=O) groups is 1. The first-order valence-corrected chi connectivity index (χ1v) is 6.74. The van der Waals surface area contributed by atoms with Gasteiger partial charge in [0.2, 0.25) is 5.89 Å². The van der Waals surface area contributed by atoms with Crippen molar-refractivity contribution in [2.45, 2.75) is 26.3 Å². The van der Waals surface area contributed by atoms with Gasteiger partial charge in [-0.3, -0.25) is 4.79 Å². The standard InChI is InChI=1S/C12H15N3O3S/c1-8-14-11(15-18-8)4-5-13-7-10-3-2-9(19-10)6-12(16)17/h2-3,13H,4-7H2,1H3,(H,16,17). The average molecular weight is 281 g/mol. The summed E-state index contributed by atoms with van der Waals surface area (Å²) in [7, 11) is 0. The van der Waals surface area contributed by atoms with Crippen LogP contribution >= 0.6 is 11.3 Å². The molecule has 0 radical (unpaired) electrons. The summed E-state index contributed by atoms with van der Waals surface area (Å²) >= 11 is 1.52. The van der Waals surface area contributed by atoms with Gasteiger partial charge in [-0.15, -0.1) is 11.3 Å². The van der Waals surface area contributed by atoms with Gasteiger partial charge >= 0.3 is 5.97 Å². The summed E-state index contributed by atoms with van der Waals surface area (Å²) in [5.74, 6) is 0.475. The smallest absolute Gasteiger partial charge is 0.308 e. The molecule has 0 bridgehead atoms. The van der Waals surface area contributed by atoms with Crippen molar-refractivity contribution < 1.29 is 14.4 Å². The molecule has 0 amide bonds. The van der Waals surface area contributed by atoms with Gasteiger partial charge in [0.05, 0.1) is 6.42 Å². The van der Waals surface area contributed by atoms with Crippen LogP contribution in [0.5, 0.6) is 0 Å². The van der Waals surface area contributed by atoms with Crippen molar-refractivity contribution in [3.8, 4) is 0 Å². The third-order valence-corrected chi connectivity index (χ3v) is 3.52. The molecule has 0 saturated carbocycles. The van der Waals surface area contributed by atoms with Gasteiger partial charge < -0.3 is 14.9 Å². The molecule has 19 heavy (non-hydrogen) atoms. The van der Waals surface area contributed by atoms with Gasteiger partial charge in [-0.2, -0.15) is 4.98 Å². The summed E-state index contributed by atoms with van der Waals surface area (Å²) in [5.41, 5.74) is 0. The zero-order valence-corrected chi connectivity index (χ0v) is 11.4. The van der Waals surface area contributed by atoms with E-state index >= 15 is 0 Å². The lowest BCUT2D eigenvalue weighted by Gasteiger charge is -1.99. The molecule has 0 spiro atoms. The predicted molar refractivity (Wildman–Crippen MR) is 70.1 cm³/mol. The minimum absolute atomic E-state index is 0.0901. The molecule has 0 unspecified atom stereocenters. The zero-order valence-electron chi connectivity index (χ0n) is 10.5. The Hall–Kier alpha value is -1.73. The van der Waals surface area contributed by atoms with Crippen LogP contribution in [0.1, 0.15) is 21.5 Å². The van der Waals surface area contributed by atoms with Crippen molar-refractivity contribution in [1.29, 1.82) is 0 Å². The number of aromatic nitrogens is 2. The topological polar surface area (TPSA) is 88.2 Å². The summed E-state index contributed by atoms with van der Waals surface area (Å²) < 4.78 is 4.88. The highest BCUT2D eigenvalue weighted by Crippen LogP contribution is 2.16. The molecule has 6 nitrogen and oxygen atoms in total. The Bertz CT molecular complexity index is 550. The van der Waals surface area contributed by atoms with Crippen molar-refractivity contribution in [3.63, 3.8) is 0 Å². The lowest BCUT2D eigenvalue weighted by Crippen LogP contribution is -2.16. The van der Waals surface area contributed by atoms with Crippen LogP contribution in [0.4, 0.5) is 0 Å². The maximum absolute atomic E-state index is 10.6. The molecule has 0 aromatic carbocycles. The predicted octanol–water partition coefficient (Wildman–Crippen LogP) is 1.40. The number of hydrogen-bond donors (Lipinski definition) is 2. The molecule has 0 aliphatic rings.